The molecule has 0 aromatic heterocycles. The van der Waals surface area contributed by atoms with Crippen LogP contribution in [-0.4, -0.2) is 57.8 Å². The molecule has 0 spiro atoms. The Morgan fingerprint density at radius 3 is 1.16 bits per heavy atom. The van der Waals surface area contributed by atoms with Gasteiger partial charge < -0.3 is 0 Å². The first-order chi connectivity index (χ1) is 18.3. The molecule has 2 N–H and O–H groups in total. The molecular formula is C30H46N4O4. The highest BCUT2D eigenvalue weighted by Gasteiger charge is 2.64. The van der Waals surface area contributed by atoms with Gasteiger partial charge in [0.2, 0.25) is 23.6 Å². The Bertz CT molecular complexity index is 875. The van der Waals surface area contributed by atoms with E-state index in [1.807, 2.05) is 0 Å². The van der Waals surface area contributed by atoms with E-state index in [0.29, 0.717) is 25.7 Å². The average Bonchev–Trinajstić information content (AvgIpc) is 2.91. The summed E-state index contributed by atoms with van der Waals surface area (Å²) in [5, 5.41) is 7.18. The molecule has 6 fully saturated rings. The van der Waals surface area contributed by atoms with E-state index in [2.05, 4.69) is 38.3 Å². The van der Waals surface area contributed by atoms with E-state index in [0.717, 1.165) is 38.5 Å². The molecule has 10 atom stereocenters. The number of imide groups is 2. The van der Waals surface area contributed by atoms with Crippen LogP contribution in [-0.2, 0) is 19.2 Å². The minimum absolute atomic E-state index is 0.0588. The fraction of sp³-hybridized carbons (Fsp3) is 0.867. The van der Waals surface area contributed by atoms with Gasteiger partial charge >= 0.3 is 0 Å². The van der Waals surface area contributed by atoms with Crippen molar-refractivity contribution in [2.45, 2.75) is 116 Å². The van der Waals surface area contributed by atoms with E-state index >= 15 is 0 Å². The minimum Gasteiger partial charge on any atom is -0.294 e. The number of carbonyl (C=O) groups excluding carboxylic acids is 4. The van der Waals surface area contributed by atoms with Gasteiger partial charge in [-0.3, -0.25) is 39.6 Å². The standard InChI is InChI=1S/C30H46N4O4/c1-5-17-9-7-15(3)31-25(17)33-27(35)19-11-13-21-24-22(14-12-20(23(19)24)28(33)36)30(38)34(29(21)37)26-18(6-2)10-8-16(4)32-26/h15-26,31-32H,5-14H2,1-4H3. The van der Waals surface area contributed by atoms with E-state index in [1.165, 1.54) is 0 Å². The number of carbonyl (C=O) groups is 4. The third kappa shape index (κ3) is 3.91. The Hall–Kier alpha value is -1.80. The predicted octanol–water partition coefficient (Wildman–Crippen LogP) is 3.26. The number of amides is 4. The quantitative estimate of drug-likeness (QED) is 0.546. The van der Waals surface area contributed by atoms with E-state index in [1.54, 1.807) is 9.80 Å². The van der Waals surface area contributed by atoms with Crippen molar-refractivity contribution in [1.29, 1.82) is 0 Å². The maximum absolute atomic E-state index is 14.1. The van der Waals surface area contributed by atoms with E-state index in [4.69, 9.17) is 0 Å². The highest BCUT2D eigenvalue weighted by Crippen LogP contribution is 2.57. The second-order valence-corrected chi connectivity index (χ2v) is 13.3. The normalized spacial score (nSPS) is 47.3. The van der Waals surface area contributed by atoms with Crippen LogP contribution in [0.1, 0.15) is 91.9 Å². The number of hydrogen-bond acceptors (Lipinski definition) is 6. The zero-order valence-electron chi connectivity index (χ0n) is 23.5. The summed E-state index contributed by atoms with van der Waals surface area (Å²) in [6.45, 7) is 8.55. The van der Waals surface area contributed by atoms with E-state index in [-0.39, 0.29) is 95.4 Å². The maximum atomic E-state index is 14.1. The number of hydrogen-bond donors (Lipinski definition) is 2. The van der Waals surface area contributed by atoms with Crippen molar-refractivity contribution in [3.8, 4) is 0 Å². The van der Waals surface area contributed by atoms with Crippen LogP contribution in [0.4, 0.5) is 0 Å². The molecule has 4 amide bonds. The van der Waals surface area contributed by atoms with E-state index in [9.17, 15) is 19.2 Å². The smallest absolute Gasteiger partial charge is 0.233 e. The van der Waals surface area contributed by atoms with Crippen molar-refractivity contribution in [3.63, 3.8) is 0 Å². The summed E-state index contributed by atoms with van der Waals surface area (Å²) in [5.41, 5.74) is 0. The first-order valence-electron chi connectivity index (χ1n) is 15.5. The molecule has 0 aromatic rings. The summed E-state index contributed by atoms with van der Waals surface area (Å²) in [6.07, 6.45) is 8.06. The topological polar surface area (TPSA) is 98.8 Å². The molecular weight excluding hydrogens is 480 g/mol. The van der Waals surface area contributed by atoms with Gasteiger partial charge in [0.1, 0.15) is 0 Å². The van der Waals surface area contributed by atoms with Crippen LogP contribution in [0.25, 0.3) is 0 Å². The first kappa shape index (κ1) is 26.4. The Kier molecular flexibility index (Phi) is 6.95. The van der Waals surface area contributed by atoms with Crippen LogP contribution in [0.3, 0.4) is 0 Å². The van der Waals surface area contributed by atoms with E-state index < -0.39 is 0 Å². The Balaban J connectivity index is 1.30. The zero-order chi connectivity index (χ0) is 26.9. The van der Waals surface area contributed by atoms with Gasteiger partial charge in [0, 0.05) is 35.8 Å². The fourth-order valence-corrected chi connectivity index (χ4v) is 9.45. The van der Waals surface area contributed by atoms with Gasteiger partial charge in [-0.05, 0) is 88.9 Å². The van der Waals surface area contributed by atoms with Gasteiger partial charge in [0.05, 0.1) is 12.3 Å². The van der Waals surface area contributed by atoms with Crippen molar-refractivity contribution < 1.29 is 19.2 Å². The van der Waals surface area contributed by atoms with Gasteiger partial charge in [-0.2, -0.15) is 0 Å². The minimum atomic E-state index is -0.262. The molecule has 6 aliphatic rings. The first-order valence-corrected chi connectivity index (χ1v) is 15.5. The molecule has 38 heavy (non-hydrogen) atoms. The van der Waals surface area contributed by atoms with Gasteiger partial charge in [-0.15, -0.1) is 0 Å². The van der Waals surface area contributed by atoms with Crippen LogP contribution in [0.15, 0.2) is 0 Å². The monoisotopic (exact) mass is 526 g/mol. The summed E-state index contributed by atoms with van der Waals surface area (Å²) in [4.78, 5) is 59.4. The number of nitrogens with zero attached hydrogens (tertiary/aromatic N) is 2. The lowest BCUT2D eigenvalue weighted by molar-refractivity contribution is -0.192. The molecule has 10 unspecified atom stereocenters. The average molecular weight is 527 g/mol. The van der Waals surface area contributed by atoms with Crippen LogP contribution >= 0.6 is 0 Å². The molecule has 0 aromatic carbocycles. The molecule has 8 nitrogen and oxygen atoms in total. The summed E-state index contributed by atoms with van der Waals surface area (Å²) in [6, 6.07) is 0.547. The Morgan fingerprint density at radius 2 is 0.868 bits per heavy atom. The number of rotatable bonds is 4. The third-order valence-corrected chi connectivity index (χ3v) is 11.4. The molecule has 0 radical (unpaired) electrons. The lowest BCUT2D eigenvalue weighted by atomic mass is 9.50. The summed E-state index contributed by atoms with van der Waals surface area (Å²) in [7, 11) is 0. The lowest BCUT2D eigenvalue weighted by Crippen LogP contribution is -2.72. The van der Waals surface area contributed by atoms with Crippen LogP contribution < -0.4 is 10.6 Å². The largest absolute Gasteiger partial charge is 0.294 e. The van der Waals surface area contributed by atoms with Crippen LogP contribution in [0, 0.1) is 47.3 Å². The Morgan fingerprint density at radius 1 is 0.553 bits per heavy atom. The molecule has 210 valence electrons. The van der Waals surface area contributed by atoms with Crippen LogP contribution in [0.2, 0.25) is 0 Å². The van der Waals surface area contributed by atoms with Gasteiger partial charge in [0.25, 0.3) is 0 Å². The maximum Gasteiger partial charge on any atom is 0.233 e. The number of nitrogens with one attached hydrogen (secondary N) is 2. The fourth-order valence-electron chi connectivity index (χ4n) is 9.45. The van der Waals surface area contributed by atoms with Crippen molar-refractivity contribution in [1.82, 2.24) is 20.4 Å². The molecule has 0 bridgehead atoms. The molecule has 2 saturated carbocycles. The number of piperidine rings is 4. The lowest BCUT2D eigenvalue weighted by Gasteiger charge is -2.59. The molecule has 4 saturated heterocycles. The van der Waals surface area contributed by atoms with Gasteiger partial charge in [-0.25, -0.2) is 0 Å². The molecule has 8 heteroatoms. The molecule has 2 aliphatic carbocycles. The SMILES string of the molecule is CCC1CCC(C)NC1N1C(=O)C2CCC3C(=O)N(C4NC(C)CCC4CC)C(=O)C4CCC(C1=O)C2C34. The third-order valence-electron chi connectivity index (χ3n) is 11.4. The highest BCUT2D eigenvalue weighted by atomic mass is 16.2. The van der Waals surface area contributed by atoms with Gasteiger partial charge in [-0.1, -0.05) is 26.7 Å². The summed E-state index contributed by atoms with van der Waals surface area (Å²) in [5.74, 6) is -1.11. The predicted molar refractivity (Wildman–Crippen MR) is 142 cm³/mol. The summed E-state index contributed by atoms with van der Waals surface area (Å²) < 4.78 is 0. The zero-order valence-corrected chi connectivity index (χ0v) is 23.5. The van der Waals surface area contributed by atoms with Crippen molar-refractivity contribution in [3.05, 3.63) is 0 Å². The highest BCUT2D eigenvalue weighted by molar-refractivity contribution is 6.04. The second kappa shape index (κ2) is 9.99. The summed E-state index contributed by atoms with van der Waals surface area (Å²) >= 11 is 0. The van der Waals surface area contributed by atoms with Crippen LogP contribution in [0.5, 0.6) is 0 Å². The van der Waals surface area contributed by atoms with Crippen molar-refractivity contribution >= 4 is 23.6 Å². The van der Waals surface area contributed by atoms with Crippen molar-refractivity contribution in [2.75, 3.05) is 0 Å². The van der Waals surface area contributed by atoms with Crippen molar-refractivity contribution in [2.24, 2.45) is 47.3 Å². The molecule has 4 aliphatic heterocycles. The molecule has 4 heterocycles. The Labute approximate surface area is 227 Å². The van der Waals surface area contributed by atoms with Gasteiger partial charge in [0.15, 0.2) is 0 Å². The number of likely N-dealkylation sites (tertiary alicyclic amines) is 2. The second-order valence-electron chi connectivity index (χ2n) is 13.3. The molecule has 6 rings (SSSR count).